The van der Waals surface area contributed by atoms with E-state index in [9.17, 15) is 18.0 Å². The van der Waals surface area contributed by atoms with Gasteiger partial charge in [0.1, 0.15) is 0 Å². The average molecular weight is 234 g/mol. The normalized spacial score (nSPS) is 12.6. The van der Waals surface area contributed by atoms with Crippen molar-refractivity contribution in [1.29, 1.82) is 0 Å². The Hall–Kier alpha value is -1.60. The third-order valence-corrected chi connectivity index (χ3v) is 2.08. The highest BCUT2D eigenvalue weighted by Gasteiger charge is 2.50. The van der Waals surface area contributed by atoms with Crippen LogP contribution in [0.1, 0.15) is 15.9 Å². The molecule has 0 bridgehead atoms. The molecule has 1 aromatic carbocycles. The van der Waals surface area contributed by atoms with Crippen molar-refractivity contribution in [1.82, 2.24) is 0 Å². The maximum absolute atomic E-state index is 12.4. The smallest absolute Gasteiger partial charge is 0.423 e. The van der Waals surface area contributed by atoms with Gasteiger partial charge < -0.3 is 16.6 Å². The molecule has 0 saturated carbocycles. The summed E-state index contributed by atoms with van der Waals surface area (Å²) in [5.41, 5.74) is 6.38. The fraction of sp³-hybridized carbons (Fsp3) is 0.222. The molecule has 4 nitrogen and oxygen atoms in total. The van der Waals surface area contributed by atoms with Gasteiger partial charge in [-0.1, -0.05) is 12.1 Å². The molecule has 0 atom stereocenters. The van der Waals surface area contributed by atoms with Crippen LogP contribution in [0.15, 0.2) is 24.3 Å². The summed E-state index contributed by atoms with van der Waals surface area (Å²) in [5.74, 6) is -1.24. The predicted octanol–water partition coefficient (Wildman–Crippen LogP) is 1.02. The van der Waals surface area contributed by atoms with Gasteiger partial charge in [0.15, 0.2) is 5.66 Å². The van der Waals surface area contributed by atoms with Crippen LogP contribution >= 0.6 is 0 Å². The topological polar surface area (TPSA) is 89.3 Å². The summed E-state index contributed by atoms with van der Waals surface area (Å²) >= 11 is 0. The molecule has 0 amide bonds. The van der Waals surface area contributed by atoms with Gasteiger partial charge in [-0.05, 0) is 17.7 Å². The molecule has 7 heteroatoms. The zero-order valence-corrected chi connectivity index (χ0v) is 7.95. The Labute approximate surface area is 88.7 Å². The molecule has 0 heterocycles. The Morgan fingerprint density at radius 1 is 1.12 bits per heavy atom. The molecule has 0 aliphatic heterocycles. The van der Waals surface area contributed by atoms with E-state index in [0.717, 1.165) is 24.3 Å². The minimum absolute atomic E-state index is 0.137. The number of benzene rings is 1. The molecule has 16 heavy (non-hydrogen) atoms. The van der Waals surface area contributed by atoms with Gasteiger partial charge in [-0.2, -0.15) is 13.2 Å². The van der Waals surface area contributed by atoms with Gasteiger partial charge in [0.05, 0.1) is 5.56 Å². The molecule has 0 unspecified atom stereocenters. The van der Waals surface area contributed by atoms with E-state index in [0.29, 0.717) is 0 Å². The molecular formula is C9H9F3N2O2. The number of aromatic carboxylic acids is 1. The SMILES string of the molecule is NC(N)(c1ccc(C(=O)O)cc1)C(F)(F)F. The molecule has 5 N–H and O–H groups in total. The van der Waals surface area contributed by atoms with Crippen molar-refractivity contribution in [3.8, 4) is 0 Å². The average Bonchev–Trinajstić information content (AvgIpc) is 2.16. The zero-order valence-electron chi connectivity index (χ0n) is 7.95. The largest absolute Gasteiger partial charge is 0.478 e. The van der Waals surface area contributed by atoms with Crippen molar-refractivity contribution < 1.29 is 23.1 Å². The molecule has 0 aliphatic carbocycles. The van der Waals surface area contributed by atoms with Crippen LogP contribution in [-0.2, 0) is 5.66 Å². The molecule has 0 spiro atoms. The van der Waals surface area contributed by atoms with E-state index in [1.807, 2.05) is 0 Å². The molecule has 0 saturated heterocycles. The van der Waals surface area contributed by atoms with Crippen LogP contribution in [0, 0.1) is 0 Å². The highest BCUT2D eigenvalue weighted by atomic mass is 19.4. The number of halogens is 3. The maximum Gasteiger partial charge on any atom is 0.423 e. The summed E-state index contributed by atoms with van der Waals surface area (Å²) < 4.78 is 37.2. The molecule has 1 rings (SSSR count). The lowest BCUT2D eigenvalue weighted by molar-refractivity contribution is -0.188. The summed E-state index contributed by atoms with van der Waals surface area (Å²) in [5, 5.41) is 8.55. The lowest BCUT2D eigenvalue weighted by Gasteiger charge is -2.27. The number of nitrogens with two attached hydrogens (primary N) is 2. The fourth-order valence-corrected chi connectivity index (χ4v) is 1.05. The van der Waals surface area contributed by atoms with E-state index in [1.165, 1.54) is 0 Å². The van der Waals surface area contributed by atoms with Crippen LogP contribution in [0.2, 0.25) is 0 Å². The van der Waals surface area contributed by atoms with Crippen LogP contribution in [0.3, 0.4) is 0 Å². The number of carbonyl (C=O) groups is 1. The fourth-order valence-electron chi connectivity index (χ4n) is 1.05. The van der Waals surface area contributed by atoms with Crippen molar-refractivity contribution in [2.24, 2.45) is 11.5 Å². The predicted molar refractivity (Wildman–Crippen MR) is 49.5 cm³/mol. The third kappa shape index (κ3) is 2.15. The summed E-state index contributed by atoms with van der Waals surface area (Å²) in [4.78, 5) is 10.5. The van der Waals surface area contributed by atoms with Gasteiger partial charge in [-0.15, -0.1) is 0 Å². The first-order valence-electron chi connectivity index (χ1n) is 4.14. The molecule has 0 fully saturated rings. The van der Waals surface area contributed by atoms with Crippen LogP contribution in [0.4, 0.5) is 13.2 Å². The van der Waals surface area contributed by atoms with Crippen molar-refractivity contribution >= 4 is 5.97 Å². The summed E-state index contributed by atoms with van der Waals surface area (Å²) in [6, 6.07) is 3.91. The minimum atomic E-state index is -4.81. The van der Waals surface area contributed by atoms with Gasteiger partial charge in [0.25, 0.3) is 0 Å². The Morgan fingerprint density at radius 2 is 1.56 bits per heavy atom. The third-order valence-electron chi connectivity index (χ3n) is 2.08. The van der Waals surface area contributed by atoms with E-state index >= 15 is 0 Å². The van der Waals surface area contributed by atoms with E-state index in [4.69, 9.17) is 16.6 Å². The van der Waals surface area contributed by atoms with Crippen LogP contribution in [-0.4, -0.2) is 17.3 Å². The quantitative estimate of drug-likeness (QED) is 0.666. The number of carboxylic acid groups (broad SMARTS) is 1. The number of carboxylic acids is 1. The molecule has 0 aliphatic rings. The monoisotopic (exact) mass is 234 g/mol. The van der Waals surface area contributed by atoms with Gasteiger partial charge in [0.2, 0.25) is 0 Å². The Morgan fingerprint density at radius 3 is 1.88 bits per heavy atom. The maximum atomic E-state index is 12.4. The van der Waals surface area contributed by atoms with E-state index in [2.05, 4.69) is 0 Å². The second kappa shape index (κ2) is 3.76. The highest BCUT2D eigenvalue weighted by molar-refractivity contribution is 5.87. The first kappa shape index (κ1) is 12.5. The Bertz CT molecular complexity index is 398. The molecule has 1 aromatic rings. The van der Waals surface area contributed by atoms with Crippen molar-refractivity contribution in [2.75, 3.05) is 0 Å². The number of hydrogen-bond acceptors (Lipinski definition) is 3. The van der Waals surface area contributed by atoms with E-state index in [-0.39, 0.29) is 5.56 Å². The van der Waals surface area contributed by atoms with E-state index < -0.39 is 23.4 Å². The first-order valence-corrected chi connectivity index (χ1v) is 4.14. The molecular weight excluding hydrogens is 225 g/mol. The van der Waals surface area contributed by atoms with Gasteiger partial charge in [-0.3, -0.25) is 0 Å². The van der Waals surface area contributed by atoms with Crippen LogP contribution in [0.25, 0.3) is 0 Å². The Balaban J connectivity index is 3.11. The second-order valence-corrected chi connectivity index (χ2v) is 3.25. The van der Waals surface area contributed by atoms with Crippen molar-refractivity contribution in [3.63, 3.8) is 0 Å². The summed E-state index contributed by atoms with van der Waals surface area (Å²) in [7, 11) is 0. The summed E-state index contributed by atoms with van der Waals surface area (Å²) in [6.07, 6.45) is -4.81. The second-order valence-electron chi connectivity index (χ2n) is 3.25. The number of rotatable bonds is 2. The van der Waals surface area contributed by atoms with Gasteiger partial charge in [-0.25, -0.2) is 4.79 Å². The summed E-state index contributed by atoms with van der Waals surface area (Å²) in [6.45, 7) is 0. The lowest BCUT2D eigenvalue weighted by atomic mass is 9.99. The van der Waals surface area contributed by atoms with Crippen molar-refractivity contribution in [2.45, 2.75) is 11.8 Å². The molecule has 88 valence electrons. The number of hydrogen-bond donors (Lipinski definition) is 3. The molecule has 0 aromatic heterocycles. The standard InChI is InChI=1S/C9H9F3N2O2/c10-9(11,12)8(13,14)6-3-1-5(2-4-6)7(15)16/h1-4H,13-14H2,(H,15,16). The molecule has 0 radical (unpaired) electrons. The number of alkyl halides is 3. The Kier molecular flexibility index (Phi) is 2.93. The lowest BCUT2D eigenvalue weighted by Crippen LogP contribution is -2.57. The highest BCUT2D eigenvalue weighted by Crippen LogP contribution is 2.32. The first-order chi connectivity index (χ1) is 7.16. The van der Waals surface area contributed by atoms with Gasteiger partial charge in [0, 0.05) is 0 Å². The van der Waals surface area contributed by atoms with E-state index in [1.54, 1.807) is 0 Å². The van der Waals surface area contributed by atoms with Crippen molar-refractivity contribution in [3.05, 3.63) is 35.4 Å². The zero-order chi connectivity index (χ0) is 12.6. The van der Waals surface area contributed by atoms with Gasteiger partial charge >= 0.3 is 12.1 Å². The van der Waals surface area contributed by atoms with Crippen LogP contribution < -0.4 is 11.5 Å². The van der Waals surface area contributed by atoms with Crippen LogP contribution in [0.5, 0.6) is 0 Å². The minimum Gasteiger partial charge on any atom is -0.478 e.